The SMILES string of the molecule is CCC(CNC(=O)OC(C)(C)C)NCCCSC. The molecule has 0 aromatic carbocycles. The Balaban J connectivity index is 3.75. The Morgan fingerprint density at radius 1 is 1.39 bits per heavy atom. The van der Waals surface area contributed by atoms with Crippen molar-refractivity contribution < 1.29 is 9.53 Å². The molecule has 108 valence electrons. The van der Waals surface area contributed by atoms with Gasteiger partial charge in [0.1, 0.15) is 5.60 Å². The first-order chi connectivity index (χ1) is 8.39. The zero-order valence-corrected chi connectivity index (χ0v) is 13.2. The van der Waals surface area contributed by atoms with Crippen molar-refractivity contribution in [3.05, 3.63) is 0 Å². The van der Waals surface area contributed by atoms with Crippen molar-refractivity contribution >= 4 is 17.9 Å². The van der Waals surface area contributed by atoms with Crippen LogP contribution in [0, 0.1) is 0 Å². The minimum absolute atomic E-state index is 0.319. The number of hydrogen-bond acceptors (Lipinski definition) is 4. The number of carbonyl (C=O) groups excluding carboxylic acids is 1. The van der Waals surface area contributed by atoms with E-state index in [1.54, 1.807) is 0 Å². The van der Waals surface area contributed by atoms with Crippen LogP contribution in [0.4, 0.5) is 4.79 Å². The van der Waals surface area contributed by atoms with Gasteiger partial charge in [0, 0.05) is 12.6 Å². The van der Waals surface area contributed by atoms with Gasteiger partial charge in [0.2, 0.25) is 0 Å². The first-order valence-electron chi connectivity index (χ1n) is 6.58. The number of alkyl carbamates (subject to hydrolysis) is 1. The highest BCUT2D eigenvalue weighted by Gasteiger charge is 2.16. The molecule has 2 N–H and O–H groups in total. The van der Waals surface area contributed by atoms with Gasteiger partial charge in [-0.2, -0.15) is 11.8 Å². The topological polar surface area (TPSA) is 50.4 Å². The van der Waals surface area contributed by atoms with Crippen LogP contribution in [0.3, 0.4) is 0 Å². The molecule has 1 unspecified atom stereocenters. The van der Waals surface area contributed by atoms with Gasteiger partial charge in [-0.15, -0.1) is 0 Å². The minimum Gasteiger partial charge on any atom is -0.444 e. The molecular formula is C13H28N2O2S. The summed E-state index contributed by atoms with van der Waals surface area (Å²) in [6, 6.07) is 0.319. The predicted molar refractivity (Wildman–Crippen MR) is 79.3 cm³/mol. The van der Waals surface area contributed by atoms with Gasteiger partial charge in [-0.1, -0.05) is 6.92 Å². The summed E-state index contributed by atoms with van der Waals surface area (Å²) in [5.74, 6) is 1.17. The van der Waals surface area contributed by atoms with Crippen molar-refractivity contribution in [2.45, 2.75) is 52.2 Å². The van der Waals surface area contributed by atoms with Gasteiger partial charge in [-0.25, -0.2) is 4.79 Å². The quantitative estimate of drug-likeness (QED) is 0.669. The molecule has 0 rings (SSSR count). The fourth-order valence-corrected chi connectivity index (χ4v) is 1.84. The Morgan fingerprint density at radius 3 is 2.56 bits per heavy atom. The van der Waals surface area contributed by atoms with E-state index in [4.69, 9.17) is 4.74 Å². The van der Waals surface area contributed by atoms with Crippen LogP contribution in [-0.4, -0.2) is 42.8 Å². The predicted octanol–water partition coefficient (Wildman–Crippen LogP) is 2.63. The van der Waals surface area contributed by atoms with Gasteiger partial charge < -0.3 is 15.4 Å². The first kappa shape index (κ1) is 17.6. The van der Waals surface area contributed by atoms with Crippen molar-refractivity contribution in [2.24, 2.45) is 0 Å². The van der Waals surface area contributed by atoms with E-state index < -0.39 is 5.60 Å². The highest BCUT2D eigenvalue weighted by atomic mass is 32.2. The van der Waals surface area contributed by atoms with E-state index in [9.17, 15) is 4.79 Å². The molecule has 4 nitrogen and oxygen atoms in total. The smallest absolute Gasteiger partial charge is 0.407 e. The average Bonchev–Trinajstić information content (AvgIpc) is 2.26. The van der Waals surface area contributed by atoms with E-state index >= 15 is 0 Å². The van der Waals surface area contributed by atoms with Crippen LogP contribution in [0.25, 0.3) is 0 Å². The Morgan fingerprint density at radius 2 is 2.06 bits per heavy atom. The van der Waals surface area contributed by atoms with Crippen molar-refractivity contribution in [1.29, 1.82) is 0 Å². The van der Waals surface area contributed by atoms with Gasteiger partial charge in [-0.3, -0.25) is 0 Å². The standard InChI is InChI=1S/C13H28N2O2S/c1-6-11(14-8-7-9-18-5)10-15-12(16)17-13(2,3)4/h11,14H,6-10H2,1-5H3,(H,15,16). The third-order valence-corrected chi connectivity index (χ3v) is 3.04. The fourth-order valence-electron chi connectivity index (χ4n) is 1.40. The number of hydrogen-bond donors (Lipinski definition) is 2. The zero-order valence-electron chi connectivity index (χ0n) is 12.3. The molecule has 0 saturated carbocycles. The maximum absolute atomic E-state index is 11.5. The van der Waals surface area contributed by atoms with Gasteiger partial charge in [0.15, 0.2) is 0 Å². The summed E-state index contributed by atoms with van der Waals surface area (Å²) in [5.41, 5.74) is -0.433. The molecule has 0 saturated heterocycles. The number of rotatable bonds is 8. The lowest BCUT2D eigenvalue weighted by atomic mass is 10.2. The van der Waals surface area contributed by atoms with Crippen molar-refractivity contribution in [3.8, 4) is 0 Å². The minimum atomic E-state index is -0.433. The summed E-state index contributed by atoms with van der Waals surface area (Å²) in [6.45, 7) is 9.32. The third kappa shape index (κ3) is 10.7. The summed E-state index contributed by atoms with van der Waals surface area (Å²) in [6.07, 6.45) is 3.92. The molecule has 0 aliphatic rings. The van der Waals surface area contributed by atoms with Crippen molar-refractivity contribution in [2.75, 3.05) is 25.1 Å². The molecule has 0 aliphatic carbocycles. The van der Waals surface area contributed by atoms with E-state index in [0.29, 0.717) is 12.6 Å². The van der Waals surface area contributed by atoms with Crippen LogP contribution in [0.5, 0.6) is 0 Å². The second-order valence-electron chi connectivity index (χ2n) is 5.29. The van der Waals surface area contributed by atoms with Gasteiger partial charge in [-0.05, 0) is 52.2 Å². The summed E-state index contributed by atoms with van der Waals surface area (Å²) in [7, 11) is 0. The van der Waals surface area contributed by atoms with E-state index in [1.165, 1.54) is 5.75 Å². The highest BCUT2D eigenvalue weighted by molar-refractivity contribution is 7.98. The Bertz CT molecular complexity index is 230. The Kier molecular flexibility index (Phi) is 9.28. The molecule has 0 radical (unpaired) electrons. The van der Waals surface area contributed by atoms with Gasteiger partial charge in [0.05, 0.1) is 0 Å². The fraction of sp³-hybridized carbons (Fsp3) is 0.923. The number of thioether (sulfide) groups is 1. The second-order valence-corrected chi connectivity index (χ2v) is 6.27. The lowest BCUT2D eigenvalue weighted by Gasteiger charge is -2.22. The maximum atomic E-state index is 11.5. The average molecular weight is 276 g/mol. The molecule has 0 spiro atoms. The van der Waals surface area contributed by atoms with Crippen LogP contribution in [0.1, 0.15) is 40.5 Å². The molecule has 1 atom stereocenters. The summed E-state index contributed by atoms with van der Waals surface area (Å²) >= 11 is 1.86. The van der Waals surface area contributed by atoms with E-state index in [0.717, 1.165) is 19.4 Å². The largest absolute Gasteiger partial charge is 0.444 e. The zero-order chi connectivity index (χ0) is 14.0. The lowest BCUT2D eigenvalue weighted by Crippen LogP contribution is -2.42. The van der Waals surface area contributed by atoms with Crippen LogP contribution < -0.4 is 10.6 Å². The number of ether oxygens (including phenoxy) is 1. The van der Waals surface area contributed by atoms with Gasteiger partial charge in [0.25, 0.3) is 0 Å². The van der Waals surface area contributed by atoms with Crippen LogP contribution >= 0.6 is 11.8 Å². The molecule has 0 fully saturated rings. The van der Waals surface area contributed by atoms with Crippen LogP contribution in [-0.2, 0) is 4.74 Å². The van der Waals surface area contributed by atoms with Crippen molar-refractivity contribution in [3.63, 3.8) is 0 Å². The Labute approximate surface area is 116 Å². The molecule has 0 bridgehead atoms. The van der Waals surface area contributed by atoms with E-state index in [1.807, 2.05) is 32.5 Å². The summed E-state index contributed by atoms with van der Waals surface area (Å²) < 4.78 is 5.19. The molecule has 1 amide bonds. The molecule has 5 heteroatoms. The Hall–Kier alpha value is -0.420. The van der Waals surface area contributed by atoms with E-state index in [-0.39, 0.29) is 6.09 Å². The van der Waals surface area contributed by atoms with Crippen molar-refractivity contribution in [1.82, 2.24) is 10.6 Å². The number of nitrogens with one attached hydrogen (secondary N) is 2. The summed E-state index contributed by atoms with van der Waals surface area (Å²) in [4.78, 5) is 11.5. The molecule has 0 aliphatic heterocycles. The molecule has 0 heterocycles. The maximum Gasteiger partial charge on any atom is 0.407 e. The highest BCUT2D eigenvalue weighted by Crippen LogP contribution is 2.06. The summed E-state index contributed by atoms with van der Waals surface area (Å²) in [5, 5.41) is 6.24. The number of amides is 1. The molecule has 18 heavy (non-hydrogen) atoms. The molecular weight excluding hydrogens is 248 g/mol. The van der Waals surface area contributed by atoms with Crippen LogP contribution in [0.2, 0.25) is 0 Å². The van der Waals surface area contributed by atoms with Crippen LogP contribution in [0.15, 0.2) is 0 Å². The second kappa shape index (κ2) is 9.50. The van der Waals surface area contributed by atoms with E-state index in [2.05, 4.69) is 23.8 Å². The molecule has 0 aromatic heterocycles. The third-order valence-electron chi connectivity index (χ3n) is 2.34. The normalized spacial score (nSPS) is 13.2. The number of carbonyl (C=O) groups is 1. The monoisotopic (exact) mass is 276 g/mol. The van der Waals surface area contributed by atoms with Gasteiger partial charge >= 0.3 is 6.09 Å². The lowest BCUT2D eigenvalue weighted by molar-refractivity contribution is 0.0522. The molecule has 0 aromatic rings. The first-order valence-corrected chi connectivity index (χ1v) is 7.97.